The fraction of sp³-hybridized carbons (Fsp3) is 0.545. The van der Waals surface area contributed by atoms with E-state index in [0.717, 1.165) is 56.6 Å². The Labute approximate surface area is 166 Å². The number of carbonyl (C=O) groups is 1. The van der Waals surface area contributed by atoms with Gasteiger partial charge in [-0.15, -0.1) is 0 Å². The van der Waals surface area contributed by atoms with E-state index in [1.54, 1.807) is 0 Å². The Morgan fingerprint density at radius 3 is 2.71 bits per heavy atom. The minimum atomic E-state index is -0.202. The summed E-state index contributed by atoms with van der Waals surface area (Å²) >= 11 is 0. The van der Waals surface area contributed by atoms with Crippen LogP contribution in [-0.2, 0) is 17.8 Å². The van der Waals surface area contributed by atoms with Crippen LogP contribution in [0.5, 0.6) is 0 Å². The van der Waals surface area contributed by atoms with Gasteiger partial charge in [0.05, 0.1) is 6.20 Å². The zero-order chi connectivity index (χ0) is 19.9. The number of amides is 1. The Bertz CT molecular complexity index is 730. The van der Waals surface area contributed by atoms with Crippen molar-refractivity contribution in [3.63, 3.8) is 0 Å². The SMILES string of the molecule is CC(C)C1CN(C(=O)CCCc2cn[nH]c2)CCCN1Cc1ccc(F)cc1. The maximum Gasteiger partial charge on any atom is 0.222 e. The molecule has 1 unspecified atom stereocenters. The molecule has 2 aromatic rings. The number of hydrogen-bond donors (Lipinski definition) is 1. The molecule has 5 nitrogen and oxygen atoms in total. The average Bonchev–Trinajstić information content (AvgIpc) is 3.09. The molecule has 1 amide bonds. The number of rotatable bonds is 7. The highest BCUT2D eigenvalue weighted by Gasteiger charge is 2.29. The van der Waals surface area contributed by atoms with Crippen LogP contribution in [0, 0.1) is 11.7 Å². The molecule has 6 heteroatoms. The molecule has 0 aliphatic carbocycles. The van der Waals surface area contributed by atoms with Gasteiger partial charge in [0.25, 0.3) is 0 Å². The van der Waals surface area contributed by atoms with Gasteiger partial charge in [0.2, 0.25) is 5.91 Å². The van der Waals surface area contributed by atoms with E-state index < -0.39 is 0 Å². The lowest BCUT2D eigenvalue weighted by Gasteiger charge is -2.34. The number of nitrogens with one attached hydrogen (secondary N) is 1. The van der Waals surface area contributed by atoms with E-state index >= 15 is 0 Å². The lowest BCUT2D eigenvalue weighted by Crippen LogP contribution is -2.45. The highest BCUT2D eigenvalue weighted by molar-refractivity contribution is 5.76. The summed E-state index contributed by atoms with van der Waals surface area (Å²) in [6, 6.07) is 7.07. The molecule has 0 spiro atoms. The van der Waals surface area contributed by atoms with E-state index in [0.29, 0.717) is 18.4 Å². The van der Waals surface area contributed by atoms with Crippen molar-refractivity contribution in [3.05, 3.63) is 53.6 Å². The van der Waals surface area contributed by atoms with Crippen molar-refractivity contribution in [2.45, 2.75) is 52.1 Å². The predicted octanol–water partition coefficient (Wildman–Crippen LogP) is 3.63. The fourth-order valence-electron chi connectivity index (χ4n) is 3.96. The highest BCUT2D eigenvalue weighted by Crippen LogP contribution is 2.21. The topological polar surface area (TPSA) is 52.2 Å². The van der Waals surface area contributed by atoms with Crippen molar-refractivity contribution in [2.75, 3.05) is 19.6 Å². The number of carbonyl (C=O) groups excluding carboxylic acids is 1. The molecule has 3 rings (SSSR count). The van der Waals surface area contributed by atoms with Crippen LogP contribution in [0.4, 0.5) is 4.39 Å². The molecule has 0 radical (unpaired) electrons. The molecule has 1 fully saturated rings. The standard InChI is InChI=1S/C22H31FN4O/c1-17(2)21-16-27(22(28)6-3-5-19-13-24-25-14-19)12-4-11-26(21)15-18-7-9-20(23)10-8-18/h7-10,13-14,17,21H,3-6,11-12,15-16H2,1-2H3,(H,24,25). The summed E-state index contributed by atoms with van der Waals surface area (Å²) < 4.78 is 13.2. The Morgan fingerprint density at radius 1 is 1.25 bits per heavy atom. The Kier molecular flexibility index (Phi) is 7.20. The molecule has 1 aromatic heterocycles. The molecular formula is C22H31FN4O. The normalized spacial score (nSPS) is 18.4. The van der Waals surface area contributed by atoms with E-state index in [2.05, 4.69) is 28.9 Å². The first-order valence-corrected chi connectivity index (χ1v) is 10.3. The third-order valence-corrected chi connectivity index (χ3v) is 5.58. The molecule has 0 bridgehead atoms. The Balaban J connectivity index is 1.58. The van der Waals surface area contributed by atoms with Crippen LogP contribution >= 0.6 is 0 Å². The number of H-pyrrole nitrogens is 1. The van der Waals surface area contributed by atoms with Crippen molar-refractivity contribution in [1.82, 2.24) is 20.0 Å². The molecule has 1 aliphatic heterocycles. The Hall–Kier alpha value is -2.21. The highest BCUT2D eigenvalue weighted by atomic mass is 19.1. The lowest BCUT2D eigenvalue weighted by molar-refractivity contribution is -0.131. The van der Waals surface area contributed by atoms with E-state index in [9.17, 15) is 9.18 Å². The number of aromatic amines is 1. The second-order valence-electron chi connectivity index (χ2n) is 8.06. The Morgan fingerprint density at radius 2 is 2.04 bits per heavy atom. The molecule has 1 N–H and O–H groups in total. The second kappa shape index (κ2) is 9.82. The number of nitrogens with zero attached hydrogens (tertiary/aromatic N) is 3. The summed E-state index contributed by atoms with van der Waals surface area (Å²) in [6.07, 6.45) is 6.98. The molecule has 152 valence electrons. The summed E-state index contributed by atoms with van der Waals surface area (Å²) in [4.78, 5) is 17.3. The molecule has 1 atom stereocenters. The molecule has 1 saturated heterocycles. The summed E-state index contributed by atoms with van der Waals surface area (Å²) in [5, 5.41) is 6.77. The van der Waals surface area contributed by atoms with E-state index in [1.165, 1.54) is 12.1 Å². The largest absolute Gasteiger partial charge is 0.341 e. The van der Waals surface area contributed by atoms with Gasteiger partial charge in [0.15, 0.2) is 0 Å². The van der Waals surface area contributed by atoms with Gasteiger partial charge in [0.1, 0.15) is 5.82 Å². The van der Waals surface area contributed by atoms with Crippen LogP contribution in [0.25, 0.3) is 0 Å². The molecule has 1 aliphatic rings. The first-order valence-electron chi connectivity index (χ1n) is 10.3. The van der Waals surface area contributed by atoms with Gasteiger partial charge in [-0.25, -0.2) is 4.39 Å². The van der Waals surface area contributed by atoms with Crippen molar-refractivity contribution >= 4 is 5.91 Å². The maximum absolute atomic E-state index is 13.2. The predicted molar refractivity (Wildman–Crippen MR) is 108 cm³/mol. The first kappa shape index (κ1) is 20.5. The first-order chi connectivity index (χ1) is 13.5. The number of aryl methyl sites for hydroxylation is 1. The van der Waals surface area contributed by atoms with Crippen molar-refractivity contribution in [3.8, 4) is 0 Å². The minimum Gasteiger partial charge on any atom is -0.341 e. The van der Waals surface area contributed by atoms with Gasteiger partial charge >= 0.3 is 0 Å². The van der Waals surface area contributed by atoms with Gasteiger partial charge in [-0.3, -0.25) is 14.8 Å². The van der Waals surface area contributed by atoms with Crippen LogP contribution in [0.2, 0.25) is 0 Å². The van der Waals surface area contributed by atoms with Crippen LogP contribution in [-0.4, -0.2) is 51.6 Å². The molecular weight excluding hydrogens is 355 g/mol. The van der Waals surface area contributed by atoms with Gasteiger partial charge in [-0.05, 0) is 48.4 Å². The molecule has 1 aromatic carbocycles. The van der Waals surface area contributed by atoms with E-state index in [1.807, 2.05) is 29.4 Å². The molecule has 2 heterocycles. The van der Waals surface area contributed by atoms with Gasteiger partial charge in [-0.2, -0.15) is 5.10 Å². The van der Waals surface area contributed by atoms with Crippen LogP contribution in [0.1, 0.15) is 44.2 Å². The monoisotopic (exact) mass is 386 g/mol. The summed E-state index contributed by atoms with van der Waals surface area (Å²) in [6.45, 7) is 7.77. The van der Waals surface area contributed by atoms with Gasteiger partial charge < -0.3 is 4.90 Å². The zero-order valence-corrected chi connectivity index (χ0v) is 16.9. The zero-order valence-electron chi connectivity index (χ0n) is 16.9. The smallest absolute Gasteiger partial charge is 0.222 e. The maximum atomic E-state index is 13.2. The number of aromatic nitrogens is 2. The van der Waals surface area contributed by atoms with E-state index in [4.69, 9.17) is 0 Å². The minimum absolute atomic E-state index is 0.202. The fourth-order valence-corrected chi connectivity index (χ4v) is 3.96. The number of benzene rings is 1. The summed E-state index contributed by atoms with van der Waals surface area (Å²) in [5.74, 6) is 0.491. The third-order valence-electron chi connectivity index (χ3n) is 5.58. The van der Waals surface area contributed by atoms with Crippen LogP contribution in [0.3, 0.4) is 0 Å². The third kappa shape index (κ3) is 5.64. The average molecular weight is 387 g/mol. The van der Waals surface area contributed by atoms with Crippen molar-refractivity contribution < 1.29 is 9.18 Å². The number of hydrogen-bond acceptors (Lipinski definition) is 3. The van der Waals surface area contributed by atoms with Crippen LogP contribution < -0.4 is 0 Å². The van der Waals surface area contributed by atoms with Gasteiger partial charge in [-0.1, -0.05) is 26.0 Å². The molecule has 28 heavy (non-hydrogen) atoms. The van der Waals surface area contributed by atoms with Crippen molar-refractivity contribution in [1.29, 1.82) is 0 Å². The summed E-state index contributed by atoms with van der Waals surface area (Å²) in [7, 11) is 0. The van der Waals surface area contributed by atoms with Gasteiger partial charge in [0, 0.05) is 44.8 Å². The number of halogens is 1. The van der Waals surface area contributed by atoms with Crippen LogP contribution in [0.15, 0.2) is 36.7 Å². The summed E-state index contributed by atoms with van der Waals surface area (Å²) in [5.41, 5.74) is 2.26. The van der Waals surface area contributed by atoms with E-state index in [-0.39, 0.29) is 11.7 Å². The van der Waals surface area contributed by atoms with Crippen molar-refractivity contribution in [2.24, 2.45) is 5.92 Å². The second-order valence-corrected chi connectivity index (χ2v) is 8.06. The molecule has 0 saturated carbocycles. The quantitative estimate of drug-likeness (QED) is 0.791. The lowest BCUT2D eigenvalue weighted by atomic mass is 10.0.